The van der Waals surface area contributed by atoms with Crippen LogP contribution in [0.15, 0.2) is 24.3 Å². The summed E-state index contributed by atoms with van der Waals surface area (Å²) >= 11 is 0. The lowest BCUT2D eigenvalue weighted by atomic mass is 10.1. The smallest absolute Gasteiger partial charge is 0.0787 e. The molecule has 2 nitrogen and oxygen atoms in total. The van der Waals surface area contributed by atoms with Gasteiger partial charge in [-0.25, -0.2) is 0 Å². The number of aliphatic hydroxyl groups is 1. The molecule has 1 N–H and O–H groups in total. The van der Waals surface area contributed by atoms with Crippen molar-refractivity contribution in [3.8, 4) is 0 Å². The summed E-state index contributed by atoms with van der Waals surface area (Å²) in [6, 6.07) is 8.86. The van der Waals surface area contributed by atoms with E-state index in [0.717, 1.165) is 24.9 Å². The van der Waals surface area contributed by atoms with Gasteiger partial charge in [0, 0.05) is 18.3 Å². The zero-order chi connectivity index (χ0) is 12.8. The summed E-state index contributed by atoms with van der Waals surface area (Å²) in [7, 11) is 0. The second-order valence-corrected chi connectivity index (χ2v) is 4.56. The topological polar surface area (TPSA) is 23.5 Å². The Morgan fingerprint density at radius 2 is 1.65 bits per heavy atom. The first-order valence-electron chi connectivity index (χ1n) is 6.68. The van der Waals surface area contributed by atoms with Crippen LogP contribution < -0.4 is 4.90 Å². The highest BCUT2D eigenvalue weighted by molar-refractivity contribution is 5.48. The van der Waals surface area contributed by atoms with Crippen molar-refractivity contribution < 1.29 is 5.11 Å². The van der Waals surface area contributed by atoms with Gasteiger partial charge in [0.25, 0.3) is 0 Å². The Labute approximate surface area is 105 Å². The van der Waals surface area contributed by atoms with Gasteiger partial charge < -0.3 is 10.0 Å². The van der Waals surface area contributed by atoms with Gasteiger partial charge in [-0.3, -0.25) is 0 Å². The van der Waals surface area contributed by atoms with Crippen LogP contribution in [0.2, 0.25) is 0 Å². The number of benzene rings is 1. The van der Waals surface area contributed by atoms with E-state index in [2.05, 4.69) is 37.8 Å². The Kier molecular flexibility index (Phi) is 5.49. The second kappa shape index (κ2) is 6.65. The molecule has 0 aromatic heterocycles. The number of rotatable bonds is 6. The number of hydrogen-bond donors (Lipinski definition) is 1. The molecule has 0 radical (unpaired) electrons. The number of nitrogens with zero attached hydrogens (tertiary/aromatic N) is 1. The van der Waals surface area contributed by atoms with E-state index in [1.165, 1.54) is 5.69 Å². The van der Waals surface area contributed by atoms with Crippen molar-refractivity contribution in [3.05, 3.63) is 29.8 Å². The van der Waals surface area contributed by atoms with Crippen LogP contribution in [0.5, 0.6) is 0 Å². The van der Waals surface area contributed by atoms with Crippen LogP contribution in [0.25, 0.3) is 0 Å². The zero-order valence-corrected chi connectivity index (χ0v) is 11.5. The molecule has 2 atom stereocenters. The van der Waals surface area contributed by atoms with Crippen molar-refractivity contribution in [2.45, 2.75) is 52.7 Å². The molecule has 0 fully saturated rings. The van der Waals surface area contributed by atoms with Crippen LogP contribution in [0.4, 0.5) is 5.69 Å². The minimum absolute atomic E-state index is 0.331. The van der Waals surface area contributed by atoms with Crippen LogP contribution in [0, 0.1) is 0 Å². The highest BCUT2D eigenvalue weighted by atomic mass is 16.3. The van der Waals surface area contributed by atoms with Gasteiger partial charge in [0.1, 0.15) is 0 Å². The molecule has 1 aromatic carbocycles. The van der Waals surface area contributed by atoms with Crippen LogP contribution in [0.1, 0.15) is 52.2 Å². The van der Waals surface area contributed by atoms with Gasteiger partial charge >= 0.3 is 0 Å². The average molecular weight is 235 g/mol. The molecule has 0 saturated carbocycles. The predicted octanol–water partition coefficient (Wildman–Crippen LogP) is 3.75. The van der Waals surface area contributed by atoms with Gasteiger partial charge in [-0.05, 0) is 44.4 Å². The molecule has 0 aliphatic rings. The van der Waals surface area contributed by atoms with Crippen LogP contribution in [-0.2, 0) is 0 Å². The maximum atomic E-state index is 9.76. The maximum absolute atomic E-state index is 9.76. The van der Waals surface area contributed by atoms with Crippen molar-refractivity contribution in [2.75, 3.05) is 11.4 Å². The Hall–Kier alpha value is -1.02. The Morgan fingerprint density at radius 1 is 1.06 bits per heavy atom. The van der Waals surface area contributed by atoms with Crippen molar-refractivity contribution in [3.63, 3.8) is 0 Å². The van der Waals surface area contributed by atoms with Gasteiger partial charge in [0.15, 0.2) is 0 Å². The summed E-state index contributed by atoms with van der Waals surface area (Å²) in [6.45, 7) is 9.66. The third-order valence-electron chi connectivity index (χ3n) is 3.46. The lowest BCUT2D eigenvalue weighted by molar-refractivity contribution is 0.173. The number of aliphatic hydroxyl groups excluding tert-OH is 1. The Bertz CT molecular complexity index is 320. The van der Waals surface area contributed by atoms with E-state index in [0.29, 0.717) is 6.04 Å². The Morgan fingerprint density at radius 3 is 2.06 bits per heavy atom. The molecule has 0 spiro atoms. The standard InChI is InChI=1S/C15H25NO/c1-5-12(4)16(7-3)14-10-8-13(9-11-14)15(17)6-2/h8-12,15,17H,5-7H2,1-4H3. The van der Waals surface area contributed by atoms with Crippen LogP contribution in [0.3, 0.4) is 0 Å². The minimum atomic E-state index is -0.331. The van der Waals surface area contributed by atoms with Crippen molar-refractivity contribution >= 4 is 5.69 Å². The molecule has 0 bridgehead atoms. The first kappa shape index (κ1) is 14.0. The normalized spacial score (nSPS) is 14.4. The predicted molar refractivity (Wildman–Crippen MR) is 74.5 cm³/mol. The zero-order valence-electron chi connectivity index (χ0n) is 11.5. The summed E-state index contributed by atoms with van der Waals surface area (Å²) in [4.78, 5) is 2.39. The third-order valence-corrected chi connectivity index (χ3v) is 3.46. The summed E-state index contributed by atoms with van der Waals surface area (Å²) in [5.41, 5.74) is 2.25. The minimum Gasteiger partial charge on any atom is -0.388 e. The summed E-state index contributed by atoms with van der Waals surface area (Å²) in [6.07, 6.45) is 1.58. The molecule has 0 aliphatic carbocycles. The maximum Gasteiger partial charge on any atom is 0.0787 e. The summed E-state index contributed by atoms with van der Waals surface area (Å²) < 4.78 is 0. The van der Waals surface area contributed by atoms with Gasteiger partial charge in [-0.15, -0.1) is 0 Å². The average Bonchev–Trinajstić information content (AvgIpc) is 2.39. The van der Waals surface area contributed by atoms with Crippen LogP contribution in [-0.4, -0.2) is 17.7 Å². The van der Waals surface area contributed by atoms with Gasteiger partial charge in [0.2, 0.25) is 0 Å². The van der Waals surface area contributed by atoms with Crippen molar-refractivity contribution in [1.82, 2.24) is 0 Å². The molecule has 0 aliphatic heterocycles. The molecule has 96 valence electrons. The summed E-state index contributed by atoms with van der Waals surface area (Å²) in [5, 5.41) is 9.76. The highest BCUT2D eigenvalue weighted by Crippen LogP contribution is 2.22. The largest absolute Gasteiger partial charge is 0.388 e. The van der Waals surface area contributed by atoms with E-state index in [9.17, 15) is 5.11 Å². The molecular formula is C15H25NO. The molecule has 0 amide bonds. The van der Waals surface area contributed by atoms with Gasteiger partial charge in [-0.1, -0.05) is 26.0 Å². The summed E-state index contributed by atoms with van der Waals surface area (Å²) in [5.74, 6) is 0. The Balaban J connectivity index is 2.85. The monoisotopic (exact) mass is 235 g/mol. The van der Waals surface area contributed by atoms with Gasteiger partial charge in [0.05, 0.1) is 6.10 Å². The van der Waals surface area contributed by atoms with Crippen molar-refractivity contribution in [1.29, 1.82) is 0 Å². The molecule has 2 unspecified atom stereocenters. The molecule has 17 heavy (non-hydrogen) atoms. The first-order valence-corrected chi connectivity index (χ1v) is 6.68. The lowest BCUT2D eigenvalue weighted by Gasteiger charge is -2.29. The SMILES string of the molecule is CCC(O)c1ccc(N(CC)C(C)CC)cc1. The van der Waals surface area contributed by atoms with E-state index in [-0.39, 0.29) is 6.10 Å². The van der Waals surface area contributed by atoms with E-state index < -0.39 is 0 Å². The first-order chi connectivity index (χ1) is 8.13. The fourth-order valence-electron chi connectivity index (χ4n) is 2.09. The molecular weight excluding hydrogens is 210 g/mol. The van der Waals surface area contributed by atoms with E-state index in [4.69, 9.17) is 0 Å². The fourth-order valence-corrected chi connectivity index (χ4v) is 2.09. The third kappa shape index (κ3) is 3.47. The van der Waals surface area contributed by atoms with Gasteiger partial charge in [-0.2, -0.15) is 0 Å². The number of hydrogen-bond acceptors (Lipinski definition) is 2. The molecule has 1 rings (SSSR count). The van der Waals surface area contributed by atoms with E-state index in [1.807, 2.05) is 19.1 Å². The molecule has 0 heterocycles. The quantitative estimate of drug-likeness (QED) is 0.811. The fraction of sp³-hybridized carbons (Fsp3) is 0.600. The van der Waals surface area contributed by atoms with E-state index in [1.54, 1.807) is 0 Å². The highest BCUT2D eigenvalue weighted by Gasteiger charge is 2.11. The van der Waals surface area contributed by atoms with Crippen LogP contribution >= 0.6 is 0 Å². The number of anilines is 1. The molecule has 0 saturated heterocycles. The molecule has 1 aromatic rings. The molecule has 2 heteroatoms. The lowest BCUT2D eigenvalue weighted by Crippen LogP contribution is -2.32. The van der Waals surface area contributed by atoms with E-state index >= 15 is 0 Å². The van der Waals surface area contributed by atoms with Crippen molar-refractivity contribution in [2.24, 2.45) is 0 Å². The second-order valence-electron chi connectivity index (χ2n) is 4.56.